The minimum Gasteiger partial charge on any atom is -0.383 e. The number of aromatic nitrogens is 3. The van der Waals surface area contributed by atoms with Gasteiger partial charge in [-0.05, 0) is 41.5 Å². The molecule has 1 saturated carbocycles. The maximum Gasteiger partial charge on any atom is 0.223 e. The Labute approximate surface area is 291 Å². The van der Waals surface area contributed by atoms with Crippen LogP contribution in [0.2, 0.25) is 5.02 Å². The predicted octanol–water partition coefficient (Wildman–Crippen LogP) is 5.05. The van der Waals surface area contributed by atoms with Crippen molar-refractivity contribution in [1.29, 1.82) is 0 Å². The first-order valence-electron chi connectivity index (χ1n) is 13.5. The molecule has 0 radical (unpaired) electrons. The Bertz CT molecular complexity index is 1210. The molecule has 1 aromatic carbocycles. The molecular weight excluding hydrogens is 719 g/mol. The molecule has 2 heterocycles. The molecule has 2 amide bonds. The summed E-state index contributed by atoms with van der Waals surface area (Å²) in [7, 11) is 0. The molecule has 4 rings (SSSR count). The normalized spacial score (nSPS) is 23.4. The molecule has 17 heteroatoms. The van der Waals surface area contributed by atoms with E-state index in [1.165, 1.54) is 6.33 Å². The Morgan fingerprint density at radius 3 is 1.84 bits per heavy atom. The lowest BCUT2D eigenvalue weighted by Crippen LogP contribution is -2.63. The van der Waals surface area contributed by atoms with Crippen LogP contribution in [0, 0.1) is 5.41 Å². The van der Waals surface area contributed by atoms with E-state index in [4.69, 9.17) is 81.2 Å². The first-order chi connectivity index (χ1) is 20.5. The van der Waals surface area contributed by atoms with Crippen LogP contribution in [0.25, 0.3) is 6.08 Å². The zero-order valence-corrected chi connectivity index (χ0v) is 29.2. The van der Waals surface area contributed by atoms with Gasteiger partial charge >= 0.3 is 0 Å². The monoisotopic (exact) mass is 749 g/mol. The number of nitrogens with one attached hydrogen (secondary N) is 2. The first kappa shape index (κ1) is 37.4. The van der Waals surface area contributed by atoms with Crippen LogP contribution in [0.1, 0.15) is 32.3 Å². The third kappa shape index (κ3) is 9.73. The molecule has 2 aliphatic rings. The fourth-order valence-electron chi connectivity index (χ4n) is 5.31. The molecule has 1 aliphatic heterocycles. The molecule has 1 saturated heterocycles. The number of carbonyl (C=O) groups excluding carboxylic acids is 2. The number of benzene rings is 1. The minimum absolute atomic E-state index is 0.211. The van der Waals surface area contributed by atoms with Crippen molar-refractivity contribution in [2.45, 2.75) is 58.8 Å². The number of hydrogen-bond donors (Lipinski definition) is 3. The summed E-state index contributed by atoms with van der Waals surface area (Å²) in [5.74, 6) is 0. The SMILES string of the molecule is CC1(C)CC/C(=C\c2ccc(Cl)cc2)C1(O)Cn1cncn1.O=CNC(N1CCN(C(NC=O)C(Cl)(Cl)Cl)CC1)C(Cl)(Cl)Cl. The van der Waals surface area contributed by atoms with Crippen LogP contribution in [0.5, 0.6) is 0 Å². The molecule has 0 bridgehead atoms. The third-order valence-corrected chi connectivity index (χ3v) is 9.38. The molecule has 1 aromatic heterocycles. The summed E-state index contributed by atoms with van der Waals surface area (Å²) in [5, 5.41) is 21.2. The molecular formula is C27H34Cl7N7O3. The fourth-order valence-corrected chi connectivity index (χ4v) is 6.64. The standard InChI is InChI=1S/C17H20ClN3O.C10H14Cl6N4O2/c1-16(2)8-7-14(9-13-3-5-15(18)6-4-13)17(16,22)10-21-12-19-11-20-21;11-9(12,13)7(17-5-21)19-1-2-20(4-3-19)8(18-6-22)10(14,15)16/h3-6,9,11-12,22H,7-8,10H2,1-2H3;5-8H,1-4H2,(H,17,21)(H,18,22)/b14-9+;. The van der Waals surface area contributed by atoms with Crippen molar-refractivity contribution in [2.75, 3.05) is 26.2 Å². The number of piperazine rings is 1. The van der Waals surface area contributed by atoms with Gasteiger partial charge in [0, 0.05) is 31.2 Å². The van der Waals surface area contributed by atoms with Gasteiger partial charge in [0.25, 0.3) is 0 Å². The van der Waals surface area contributed by atoms with Crippen molar-refractivity contribution >= 4 is 100 Å². The molecule has 2 fully saturated rings. The zero-order chi connectivity index (χ0) is 32.8. The second-order valence-electron chi connectivity index (χ2n) is 11.1. The highest BCUT2D eigenvalue weighted by atomic mass is 35.6. The van der Waals surface area contributed by atoms with E-state index in [0.717, 1.165) is 24.0 Å². The number of nitrogens with zero attached hydrogens (tertiary/aromatic N) is 5. The Morgan fingerprint density at radius 1 is 0.932 bits per heavy atom. The van der Waals surface area contributed by atoms with E-state index in [0.29, 0.717) is 50.6 Å². The van der Waals surface area contributed by atoms with Gasteiger partial charge in [-0.3, -0.25) is 19.4 Å². The molecule has 1 aliphatic carbocycles. The first-order valence-corrected chi connectivity index (χ1v) is 16.2. The highest BCUT2D eigenvalue weighted by Gasteiger charge is 2.51. The topological polar surface area (TPSA) is 116 Å². The van der Waals surface area contributed by atoms with Crippen molar-refractivity contribution in [3.63, 3.8) is 0 Å². The van der Waals surface area contributed by atoms with Crippen molar-refractivity contribution in [1.82, 2.24) is 35.2 Å². The third-order valence-electron chi connectivity index (χ3n) is 7.89. The second-order valence-corrected chi connectivity index (χ2v) is 16.3. The lowest BCUT2D eigenvalue weighted by molar-refractivity contribution is -0.113. The van der Waals surface area contributed by atoms with Crippen LogP contribution in [0.15, 0.2) is 42.5 Å². The molecule has 244 valence electrons. The van der Waals surface area contributed by atoms with E-state index in [9.17, 15) is 14.7 Å². The number of amides is 2. The summed E-state index contributed by atoms with van der Waals surface area (Å²) in [5.41, 5.74) is 0.946. The van der Waals surface area contributed by atoms with Gasteiger partial charge in [-0.2, -0.15) is 5.10 Å². The summed E-state index contributed by atoms with van der Waals surface area (Å²) in [6.45, 7) is 6.39. The molecule has 44 heavy (non-hydrogen) atoms. The maximum atomic E-state index is 11.4. The Kier molecular flexibility index (Phi) is 13.3. The number of carbonyl (C=O) groups is 2. The average molecular weight is 753 g/mol. The average Bonchev–Trinajstić information content (AvgIpc) is 3.52. The molecule has 0 spiro atoms. The van der Waals surface area contributed by atoms with E-state index in [1.54, 1.807) is 20.8 Å². The lowest BCUT2D eigenvalue weighted by Gasteiger charge is -2.44. The van der Waals surface area contributed by atoms with Gasteiger partial charge in [-0.1, -0.05) is 113 Å². The smallest absolute Gasteiger partial charge is 0.223 e. The van der Waals surface area contributed by atoms with Crippen LogP contribution in [0.3, 0.4) is 0 Å². The summed E-state index contributed by atoms with van der Waals surface area (Å²) in [6, 6.07) is 7.67. The minimum atomic E-state index is -1.68. The Hall–Kier alpha value is -1.05. The summed E-state index contributed by atoms with van der Waals surface area (Å²) < 4.78 is -1.67. The van der Waals surface area contributed by atoms with Crippen LogP contribution in [-0.4, -0.2) is 94.2 Å². The molecule has 3 atom stereocenters. The van der Waals surface area contributed by atoms with E-state index >= 15 is 0 Å². The van der Waals surface area contributed by atoms with Crippen LogP contribution >= 0.6 is 81.2 Å². The van der Waals surface area contributed by atoms with Crippen molar-refractivity contribution in [3.8, 4) is 0 Å². The van der Waals surface area contributed by atoms with Gasteiger partial charge in [-0.15, -0.1) is 0 Å². The molecule has 2 aromatic rings. The van der Waals surface area contributed by atoms with E-state index < -0.39 is 25.5 Å². The van der Waals surface area contributed by atoms with Gasteiger partial charge in [0.1, 0.15) is 30.6 Å². The van der Waals surface area contributed by atoms with Gasteiger partial charge in [0.05, 0.1) is 6.54 Å². The highest BCUT2D eigenvalue weighted by molar-refractivity contribution is 6.68. The number of hydrogen-bond acceptors (Lipinski definition) is 7. The van der Waals surface area contributed by atoms with E-state index in [2.05, 4.69) is 40.6 Å². The van der Waals surface area contributed by atoms with Crippen molar-refractivity contribution in [3.05, 3.63) is 53.1 Å². The highest BCUT2D eigenvalue weighted by Crippen LogP contribution is 2.50. The van der Waals surface area contributed by atoms with Crippen molar-refractivity contribution < 1.29 is 14.7 Å². The summed E-state index contributed by atoms with van der Waals surface area (Å²) in [6.07, 6.45) is 6.42. The Morgan fingerprint density at radius 2 is 1.43 bits per heavy atom. The number of aliphatic hydroxyl groups is 1. The number of alkyl halides is 6. The summed E-state index contributed by atoms with van der Waals surface area (Å²) in [4.78, 5) is 28.9. The summed E-state index contributed by atoms with van der Waals surface area (Å²) >= 11 is 41.1. The van der Waals surface area contributed by atoms with Gasteiger partial charge in [-0.25, -0.2) is 9.67 Å². The predicted molar refractivity (Wildman–Crippen MR) is 177 cm³/mol. The quantitative estimate of drug-likeness (QED) is 0.243. The number of halogens is 7. The van der Waals surface area contributed by atoms with E-state index in [-0.39, 0.29) is 5.41 Å². The van der Waals surface area contributed by atoms with Crippen molar-refractivity contribution in [2.24, 2.45) is 5.41 Å². The maximum absolute atomic E-state index is 11.4. The molecule has 3 N–H and O–H groups in total. The van der Waals surface area contributed by atoms with Gasteiger partial charge in [0.2, 0.25) is 20.4 Å². The molecule has 3 unspecified atom stereocenters. The fraction of sp³-hybridized carbons (Fsp3) is 0.556. The van der Waals surface area contributed by atoms with E-state index in [1.807, 2.05) is 24.3 Å². The van der Waals surface area contributed by atoms with Crippen LogP contribution in [0.4, 0.5) is 0 Å². The Balaban J connectivity index is 0.000000240. The zero-order valence-electron chi connectivity index (χ0n) is 23.9. The van der Waals surface area contributed by atoms with Gasteiger partial charge < -0.3 is 15.7 Å². The van der Waals surface area contributed by atoms with Gasteiger partial charge in [0.15, 0.2) is 0 Å². The van der Waals surface area contributed by atoms with Crippen LogP contribution in [-0.2, 0) is 16.1 Å². The molecule has 10 nitrogen and oxygen atoms in total. The number of rotatable bonds is 9. The second kappa shape index (κ2) is 15.7. The largest absolute Gasteiger partial charge is 0.383 e. The lowest BCUT2D eigenvalue weighted by atomic mass is 9.76. The van der Waals surface area contributed by atoms with Crippen LogP contribution < -0.4 is 10.6 Å².